The lowest BCUT2D eigenvalue weighted by Crippen LogP contribution is -2.33. The van der Waals surface area contributed by atoms with Crippen LogP contribution in [0.5, 0.6) is 0 Å². The third-order valence-electron chi connectivity index (χ3n) is 1.88. The number of rotatable bonds is 3. The van der Waals surface area contributed by atoms with E-state index in [1.165, 1.54) is 4.31 Å². The van der Waals surface area contributed by atoms with Crippen molar-refractivity contribution in [3.8, 4) is 0 Å². The highest BCUT2D eigenvalue weighted by Gasteiger charge is 2.27. The quantitative estimate of drug-likeness (QED) is 0.548. The minimum atomic E-state index is -2.58. The van der Waals surface area contributed by atoms with E-state index in [-0.39, 0.29) is 6.54 Å². The van der Waals surface area contributed by atoms with Crippen molar-refractivity contribution in [2.75, 3.05) is 25.4 Å². The first-order valence-electron chi connectivity index (χ1n) is 4.00. The van der Waals surface area contributed by atoms with Gasteiger partial charge in [-0.05, 0) is 6.42 Å². The van der Waals surface area contributed by atoms with Crippen molar-refractivity contribution in [1.29, 1.82) is 0 Å². The normalized spacial score (nSPS) is 24.2. The highest BCUT2D eigenvalue weighted by Crippen LogP contribution is 2.47. The molecule has 1 amide bonds. The van der Waals surface area contributed by atoms with Crippen molar-refractivity contribution in [3.63, 3.8) is 0 Å². The summed E-state index contributed by atoms with van der Waals surface area (Å²) >= 11 is 0. The van der Waals surface area contributed by atoms with Gasteiger partial charge in [0.05, 0.1) is 5.75 Å². The smallest absolute Gasteiger partial charge is 0.404 e. The molecule has 1 aliphatic rings. The van der Waals surface area contributed by atoms with Gasteiger partial charge >= 0.3 is 6.09 Å². The molecule has 0 saturated carbocycles. The summed E-state index contributed by atoms with van der Waals surface area (Å²) in [5.41, 5.74) is 0. The van der Waals surface area contributed by atoms with Gasteiger partial charge in [0.2, 0.25) is 0 Å². The second-order valence-corrected chi connectivity index (χ2v) is 5.04. The van der Waals surface area contributed by atoms with Crippen LogP contribution in [-0.2, 0) is 0 Å². The van der Waals surface area contributed by atoms with Gasteiger partial charge < -0.3 is 10.4 Å². The van der Waals surface area contributed by atoms with Crippen molar-refractivity contribution >= 4 is 16.9 Å². The van der Waals surface area contributed by atoms with E-state index in [1.54, 1.807) is 0 Å². The van der Waals surface area contributed by atoms with Crippen LogP contribution in [0.15, 0.2) is 0 Å². The molecule has 0 unspecified atom stereocenters. The van der Waals surface area contributed by atoms with Crippen molar-refractivity contribution < 1.29 is 19.0 Å². The van der Waals surface area contributed by atoms with E-state index < -0.39 is 16.9 Å². The number of amides is 1. The van der Waals surface area contributed by atoms with Crippen LogP contribution in [0.3, 0.4) is 0 Å². The molecule has 6 nitrogen and oxygen atoms in total. The maximum atomic E-state index is 10.1. The van der Waals surface area contributed by atoms with Gasteiger partial charge in [0.15, 0.2) is 0 Å². The van der Waals surface area contributed by atoms with Crippen LogP contribution >= 0.6 is 10.8 Å². The molecule has 4 N–H and O–H groups in total. The number of carboxylic acid groups (broad SMARTS) is 1. The van der Waals surface area contributed by atoms with Crippen molar-refractivity contribution in [3.05, 3.63) is 0 Å². The lowest BCUT2D eigenvalue weighted by Gasteiger charge is -2.36. The van der Waals surface area contributed by atoms with Gasteiger partial charge in [-0.15, -0.1) is 10.8 Å². The fraction of sp³-hybridized carbons (Fsp3) is 0.833. The van der Waals surface area contributed by atoms with Gasteiger partial charge in [-0.2, -0.15) is 0 Å². The predicted octanol–water partition coefficient (Wildman–Crippen LogP) is 0.625. The molecule has 7 heteroatoms. The fourth-order valence-corrected chi connectivity index (χ4v) is 2.84. The van der Waals surface area contributed by atoms with E-state index in [2.05, 4.69) is 5.32 Å². The Labute approximate surface area is 78.0 Å². The summed E-state index contributed by atoms with van der Waals surface area (Å²) in [6.07, 6.45) is -0.328. The van der Waals surface area contributed by atoms with Crippen molar-refractivity contribution in [2.45, 2.75) is 6.42 Å². The third kappa shape index (κ3) is 3.03. The molecule has 1 fully saturated rings. The first kappa shape index (κ1) is 10.6. The summed E-state index contributed by atoms with van der Waals surface area (Å²) in [5, 5.41) is 10.4. The molecule has 0 atom stereocenters. The number of hydrogen-bond acceptors (Lipinski definition) is 4. The van der Waals surface area contributed by atoms with Crippen LogP contribution in [0.25, 0.3) is 0 Å². The van der Waals surface area contributed by atoms with Crippen molar-refractivity contribution in [2.24, 2.45) is 0 Å². The molecular formula is C6H14N2O4S. The molecule has 78 valence electrons. The average Bonchev–Trinajstić information content (AvgIpc) is 2.30. The zero-order chi connectivity index (χ0) is 9.90. The lowest BCUT2D eigenvalue weighted by atomic mass is 10.5. The fourth-order valence-electron chi connectivity index (χ4n) is 1.26. The Morgan fingerprint density at radius 1 is 1.54 bits per heavy atom. The summed E-state index contributed by atoms with van der Waals surface area (Å²) in [4.78, 5) is 10.1. The van der Waals surface area contributed by atoms with Gasteiger partial charge in [0.25, 0.3) is 0 Å². The summed E-state index contributed by atoms with van der Waals surface area (Å²) in [5.74, 6) is 0.403. The molecule has 0 spiro atoms. The van der Waals surface area contributed by atoms with Gasteiger partial charge in [0, 0.05) is 19.6 Å². The molecule has 13 heavy (non-hydrogen) atoms. The maximum Gasteiger partial charge on any atom is 0.404 e. The topological polar surface area (TPSA) is 93.0 Å². The predicted molar refractivity (Wildman–Crippen MR) is 49.9 cm³/mol. The molecule has 1 saturated heterocycles. The van der Waals surface area contributed by atoms with Gasteiger partial charge in [-0.1, -0.05) is 0 Å². The van der Waals surface area contributed by atoms with Crippen LogP contribution in [0.4, 0.5) is 4.79 Å². The molecule has 1 aliphatic heterocycles. The Morgan fingerprint density at radius 2 is 2.23 bits per heavy atom. The SMILES string of the molecule is O=C(O)NCCN1CCCS1(O)O. The van der Waals surface area contributed by atoms with Crippen LogP contribution in [0, 0.1) is 0 Å². The molecule has 0 aromatic carbocycles. The Kier molecular flexibility index (Phi) is 3.37. The Balaban J connectivity index is 2.25. The van der Waals surface area contributed by atoms with Crippen molar-refractivity contribution in [1.82, 2.24) is 9.62 Å². The molecule has 1 heterocycles. The van der Waals surface area contributed by atoms with E-state index in [9.17, 15) is 13.9 Å². The largest absolute Gasteiger partial charge is 0.465 e. The molecule has 0 radical (unpaired) electrons. The summed E-state index contributed by atoms with van der Waals surface area (Å²) < 4.78 is 20.3. The van der Waals surface area contributed by atoms with Gasteiger partial charge in [-0.3, -0.25) is 9.11 Å². The van der Waals surface area contributed by atoms with Gasteiger partial charge in [-0.25, -0.2) is 9.10 Å². The zero-order valence-electron chi connectivity index (χ0n) is 7.14. The van der Waals surface area contributed by atoms with Gasteiger partial charge in [0.1, 0.15) is 0 Å². The number of carbonyl (C=O) groups is 1. The molecule has 0 aromatic rings. The van der Waals surface area contributed by atoms with Crippen LogP contribution in [-0.4, -0.2) is 50.0 Å². The van der Waals surface area contributed by atoms with E-state index >= 15 is 0 Å². The number of nitrogens with one attached hydrogen (secondary N) is 1. The van der Waals surface area contributed by atoms with Crippen LogP contribution < -0.4 is 5.32 Å². The van der Waals surface area contributed by atoms with E-state index in [0.29, 0.717) is 18.8 Å². The first-order valence-corrected chi connectivity index (χ1v) is 5.67. The zero-order valence-corrected chi connectivity index (χ0v) is 7.96. The second kappa shape index (κ2) is 4.14. The summed E-state index contributed by atoms with van der Waals surface area (Å²) in [7, 11) is -2.58. The highest BCUT2D eigenvalue weighted by atomic mass is 32.3. The van der Waals surface area contributed by atoms with E-state index in [0.717, 1.165) is 6.42 Å². The standard InChI is InChI=1S/C6H14N2O4S/c9-6(10)7-2-4-8-3-1-5-13(8,11)12/h7,11-12H,1-5H2,(H,9,10). The average molecular weight is 210 g/mol. The van der Waals surface area contributed by atoms with E-state index in [1.807, 2.05) is 0 Å². The van der Waals surface area contributed by atoms with E-state index in [4.69, 9.17) is 5.11 Å². The Hall–Kier alpha value is -0.500. The Morgan fingerprint density at radius 3 is 2.69 bits per heavy atom. The summed E-state index contributed by atoms with van der Waals surface area (Å²) in [6, 6.07) is 0. The molecule has 0 bridgehead atoms. The molecule has 1 rings (SSSR count). The summed E-state index contributed by atoms with van der Waals surface area (Å²) in [6.45, 7) is 1.21. The maximum absolute atomic E-state index is 10.1. The molecular weight excluding hydrogens is 196 g/mol. The minimum Gasteiger partial charge on any atom is -0.465 e. The minimum absolute atomic E-state index is 0.227. The highest BCUT2D eigenvalue weighted by molar-refractivity contribution is 8.22. The van der Waals surface area contributed by atoms with Crippen LogP contribution in [0.2, 0.25) is 0 Å². The number of hydrogen-bond donors (Lipinski definition) is 4. The molecule has 0 aromatic heterocycles. The molecule has 0 aliphatic carbocycles. The lowest BCUT2D eigenvalue weighted by molar-refractivity contribution is 0.193. The van der Waals surface area contributed by atoms with Crippen LogP contribution in [0.1, 0.15) is 6.42 Å². The Bertz CT molecular complexity index is 199. The third-order valence-corrected chi connectivity index (χ3v) is 3.91. The first-order chi connectivity index (χ1) is 6.02. The monoisotopic (exact) mass is 210 g/mol. The second-order valence-electron chi connectivity index (χ2n) is 2.85. The number of nitrogens with zero attached hydrogens (tertiary/aromatic N) is 1.